The van der Waals surface area contributed by atoms with Crippen LogP contribution in [0.15, 0.2) is 47.6 Å². The summed E-state index contributed by atoms with van der Waals surface area (Å²) in [6.45, 7) is 6.89. The third-order valence-corrected chi connectivity index (χ3v) is 3.85. The standard InChI is InChI=1S/C12H14O4.C6H10/c1-7(2)8-4-5-12(3,11(15)16)6-9(8)10(13)14;1-2-4-6-5-3-1/h4-5H,1,6H2,2-3H3,(H,13,14)(H,15,16);1-2H,3-6H2. The number of aliphatic carboxylic acids is 2. The van der Waals surface area contributed by atoms with Crippen LogP contribution < -0.4 is 0 Å². The van der Waals surface area contributed by atoms with E-state index >= 15 is 0 Å². The van der Waals surface area contributed by atoms with E-state index in [1.54, 1.807) is 6.92 Å². The van der Waals surface area contributed by atoms with Crippen LogP contribution in [0.1, 0.15) is 46.0 Å². The smallest absolute Gasteiger partial charge is 0.332 e. The Morgan fingerprint density at radius 3 is 2.05 bits per heavy atom. The minimum atomic E-state index is -1.15. The number of carbonyl (C=O) groups is 2. The number of hydrogen-bond donors (Lipinski definition) is 2. The van der Waals surface area contributed by atoms with Crippen molar-refractivity contribution in [1.29, 1.82) is 0 Å². The zero-order valence-corrected chi connectivity index (χ0v) is 13.3. The third-order valence-electron chi connectivity index (χ3n) is 3.85. The van der Waals surface area contributed by atoms with Crippen LogP contribution in [-0.4, -0.2) is 22.2 Å². The average Bonchev–Trinajstić information content (AvgIpc) is 2.49. The molecule has 0 radical (unpaired) electrons. The first-order valence-electron chi connectivity index (χ1n) is 7.48. The van der Waals surface area contributed by atoms with Crippen LogP contribution in [0.4, 0.5) is 0 Å². The summed E-state index contributed by atoms with van der Waals surface area (Å²) in [5.41, 5.74) is 0.111. The molecule has 4 nitrogen and oxygen atoms in total. The molecule has 0 aromatic rings. The molecule has 0 saturated heterocycles. The van der Waals surface area contributed by atoms with E-state index in [4.69, 9.17) is 10.2 Å². The van der Waals surface area contributed by atoms with Crippen LogP contribution in [-0.2, 0) is 9.59 Å². The Bertz CT molecular complexity index is 543. The molecule has 2 rings (SSSR count). The summed E-state index contributed by atoms with van der Waals surface area (Å²) in [6, 6.07) is 0. The quantitative estimate of drug-likeness (QED) is 0.769. The molecule has 0 aromatic heterocycles. The molecule has 1 unspecified atom stereocenters. The maximum atomic E-state index is 11.1. The highest BCUT2D eigenvalue weighted by Crippen LogP contribution is 2.36. The van der Waals surface area contributed by atoms with Crippen LogP contribution in [0.3, 0.4) is 0 Å². The maximum Gasteiger partial charge on any atom is 0.332 e. The van der Waals surface area contributed by atoms with Crippen molar-refractivity contribution in [3.63, 3.8) is 0 Å². The highest BCUT2D eigenvalue weighted by molar-refractivity contribution is 5.92. The molecule has 0 saturated carbocycles. The molecule has 0 fully saturated rings. The van der Waals surface area contributed by atoms with Gasteiger partial charge >= 0.3 is 11.9 Å². The van der Waals surface area contributed by atoms with E-state index in [0.29, 0.717) is 11.1 Å². The second-order valence-corrected chi connectivity index (χ2v) is 5.97. The lowest BCUT2D eigenvalue weighted by atomic mass is 9.77. The van der Waals surface area contributed by atoms with Gasteiger partial charge in [0.25, 0.3) is 0 Å². The fourth-order valence-electron chi connectivity index (χ4n) is 2.39. The van der Waals surface area contributed by atoms with Gasteiger partial charge in [0, 0.05) is 5.57 Å². The Labute approximate surface area is 131 Å². The number of allylic oxidation sites excluding steroid dienone is 5. The molecule has 0 spiro atoms. The molecule has 0 heterocycles. The number of hydrogen-bond acceptors (Lipinski definition) is 2. The van der Waals surface area contributed by atoms with Gasteiger partial charge in [-0.2, -0.15) is 0 Å². The first-order valence-corrected chi connectivity index (χ1v) is 7.48. The second kappa shape index (κ2) is 7.78. The molecule has 2 N–H and O–H groups in total. The molecule has 1 atom stereocenters. The van der Waals surface area contributed by atoms with Gasteiger partial charge < -0.3 is 10.2 Å². The van der Waals surface area contributed by atoms with E-state index in [0.717, 1.165) is 0 Å². The Kier molecular flexibility index (Phi) is 6.35. The molecule has 120 valence electrons. The zero-order chi connectivity index (χ0) is 16.8. The fourth-order valence-corrected chi connectivity index (χ4v) is 2.39. The molecule has 0 amide bonds. The number of carboxylic acid groups (broad SMARTS) is 2. The van der Waals surface area contributed by atoms with Crippen molar-refractivity contribution in [3.05, 3.63) is 47.6 Å². The van der Waals surface area contributed by atoms with Gasteiger partial charge in [-0.15, -0.1) is 0 Å². The van der Waals surface area contributed by atoms with Crippen molar-refractivity contribution >= 4 is 11.9 Å². The molecule has 0 aliphatic heterocycles. The molecule has 0 aromatic carbocycles. The summed E-state index contributed by atoms with van der Waals surface area (Å²) in [6.07, 6.45) is 13.0. The molecule has 2 aliphatic rings. The second-order valence-electron chi connectivity index (χ2n) is 5.97. The van der Waals surface area contributed by atoms with Gasteiger partial charge in [0.1, 0.15) is 0 Å². The lowest BCUT2D eigenvalue weighted by Crippen LogP contribution is -2.29. The average molecular weight is 304 g/mol. The molecule has 0 bridgehead atoms. The normalized spacial score (nSPS) is 23.5. The summed E-state index contributed by atoms with van der Waals surface area (Å²) in [5.74, 6) is -2.11. The van der Waals surface area contributed by atoms with Crippen molar-refractivity contribution in [2.45, 2.75) is 46.0 Å². The SMILES string of the molecule is C1=CCCCC1.C=C(C)C1=C(C(=O)O)CC(C)(C(=O)O)C=C1. The Morgan fingerprint density at radius 2 is 1.73 bits per heavy atom. The van der Waals surface area contributed by atoms with Crippen LogP contribution in [0.25, 0.3) is 0 Å². The summed E-state index contributed by atoms with van der Waals surface area (Å²) in [4.78, 5) is 22.1. The van der Waals surface area contributed by atoms with Gasteiger partial charge in [-0.1, -0.05) is 36.5 Å². The summed E-state index contributed by atoms with van der Waals surface area (Å²) < 4.78 is 0. The lowest BCUT2D eigenvalue weighted by molar-refractivity contribution is -0.145. The Hall–Kier alpha value is -2.10. The van der Waals surface area contributed by atoms with Crippen molar-refractivity contribution in [1.82, 2.24) is 0 Å². The molecule has 4 heteroatoms. The minimum absolute atomic E-state index is 0.0175. The van der Waals surface area contributed by atoms with Crippen LogP contribution in [0.2, 0.25) is 0 Å². The first-order chi connectivity index (χ1) is 10.3. The van der Waals surface area contributed by atoms with E-state index < -0.39 is 17.4 Å². The van der Waals surface area contributed by atoms with Crippen molar-refractivity contribution < 1.29 is 19.8 Å². The first kappa shape index (κ1) is 18.0. The predicted octanol–water partition coefficient (Wildman–Crippen LogP) is 4.11. The summed E-state index contributed by atoms with van der Waals surface area (Å²) >= 11 is 0. The largest absolute Gasteiger partial charge is 0.481 e. The van der Waals surface area contributed by atoms with Gasteiger partial charge in [-0.3, -0.25) is 4.79 Å². The van der Waals surface area contributed by atoms with E-state index in [9.17, 15) is 9.59 Å². The minimum Gasteiger partial charge on any atom is -0.481 e. The lowest BCUT2D eigenvalue weighted by Gasteiger charge is -2.26. The highest BCUT2D eigenvalue weighted by atomic mass is 16.4. The van der Waals surface area contributed by atoms with E-state index in [-0.39, 0.29) is 12.0 Å². The van der Waals surface area contributed by atoms with Crippen LogP contribution in [0.5, 0.6) is 0 Å². The number of rotatable bonds is 3. The fraction of sp³-hybridized carbons (Fsp3) is 0.444. The number of carboxylic acids is 2. The van der Waals surface area contributed by atoms with Gasteiger partial charge in [-0.05, 0) is 51.5 Å². The van der Waals surface area contributed by atoms with Gasteiger partial charge in [0.2, 0.25) is 0 Å². The van der Waals surface area contributed by atoms with Gasteiger partial charge in [0.05, 0.1) is 5.41 Å². The van der Waals surface area contributed by atoms with Crippen LogP contribution >= 0.6 is 0 Å². The van der Waals surface area contributed by atoms with Crippen molar-refractivity contribution in [2.75, 3.05) is 0 Å². The third kappa shape index (κ3) is 4.72. The highest BCUT2D eigenvalue weighted by Gasteiger charge is 2.36. The Balaban J connectivity index is 0.000000335. The molecular weight excluding hydrogens is 280 g/mol. The Morgan fingerprint density at radius 1 is 1.18 bits per heavy atom. The van der Waals surface area contributed by atoms with E-state index in [1.165, 1.54) is 44.8 Å². The predicted molar refractivity (Wildman–Crippen MR) is 86.6 cm³/mol. The van der Waals surface area contributed by atoms with Crippen molar-refractivity contribution in [3.8, 4) is 0 Å². The zero-order valence-electron chi connectivity index (χ0n) is 13.3. The molecular formula is C18H24O4. The maximum absolute atomic E-state index is 11.1. The molecule has 22 heavy (non-hydrogen) atoms. The molecule has 2 aliphatic carbocycles. The topological polar surface area (TPSA) is 74.6 Å². The van der Waals surface area contributed by atoms with E-state index in [2.05, 4.69) is 18.7 Å². The van der Waals surface area contributed by atoms with Gasteiger partial charge in [0.15, 0.2) is 0 Å². The van der Waals surface area contributed by atoms with E-state index in [1.807, 2.05) is 0 Å². The van der Waals surface area contributed by atoms with Crippen LogP contribution in [0, 0.1) is 5.41 Å². The van der Waals surface area contributed by atoms with Crippen molar-refractivity contribution in [2.24, 2.45) is 5.41 Å². The van der Waals surface area contributed by atoms with Gasteiger partial charge in [-0.25, -0.2) is 4.79 Å². The summed E-state index contributed by atoms with van der Waals surface area (Å²) in [7, 11) is 0. The monoisotopic (exact) mass is 304 g/mol. The summed E-state index contributed by atoms with van der Waals surface area (Å²) in [5, 5.41) is 18.1.